The third-order valence-electron chi connectivity index (χ3n) is 2.85. The average Bonchev–Trinajstić information content (AvgIpc) is 2.70. The molecule has 0 bridgehead atoms. The monoisotopic (exact) mass is 288 g/mol. The van der Waals surface area contributed by atoms with Crippen molar-refractivity contribution in [1.29, 1.82) is 0 Å². The first-order chi connectivity index (χ1) is 9.45. The summed E-state index contributed by atoms with van der Waals surface area (Å²) in [6.45, 7) is 1.81. The highest BCUT2D eigenvalue weighted by molar-refractivity contribution is 7.80. The van der Waals surface area contributed by atoms with Crippen LogP contribution in [0.4, 0.5) is 5.69 Å². The lowest BCUT2D eigenvalue weighted by Gasteiger charge is -2.05. The van der Waals surface area contributed by atoms with Gasteiger partial charge in [0.15, 0.2) is 0 Å². The number of nitrogens with two attached hydrogens (primary N) is 1. The molecular formula is C14H16N4OS. The zero-order valence-electron chi connectivity index (χ0n) is 11.4. The van der Waals surface area contributed by atoms with Crippen LogP contribution in [0.1, 0.15) is 21.6 Å². The lowest BCUT2D eigenvalue weighted by Crippen LogP contribution is -2.13. The number of benzene rings is 1. The van der Waals surface area contributed by atoms with Gasteiger partial charge in [0.1, 0.15) is 0 Å². The van der Waals surface area contributed by atoms with Crippen LogP contribution in [0.5, 0.6) is 0 Å². The Morgan fingerprint density at radius 2 is 2.05 bits per heavy atom. The highest BCUT2D eigenvalue weighted by Crippen LogP contribution is 2.13. The van der Waals surface area contributed by atoms with E-state index in [9.17, 15) is 4.79 Å². The Bertz CT molecular complexity index is 646. The summed E-state index contributed by atoms with van der Waals surface area (Å²) in [4.78, 5) is 12.6. The van der Waals surface area contributed by atoms with Crippen LogP contribution in [0.2, 0.25) is 0 Å². The Kier molecular flexibility index (Phi) is 4.14. The van der Waals surface area contributed by atoms with E-state index in [1.54, 1.807) is 24.9 Å². The Balaban J connectivity index is 2.08. The van der Waals surface area contributed by atoms with E-state index in [1.165, 1.54) is 0 Å². The SMILES string of the molecule is Cc1nn(C)cc1C(=O)Nc1ccc(CC(N)=S)cc1. The van der Waals surface area contributed by atoms with Crippen molar-refractivity contribution in [3.63, 3.8) is 0 Å². The molecule has 2 aromatic rings. The number of thiocarbonyl (C=S) groups is 1. The standard InChI is InChI=1S/C14H16N4OS/c1-9-12(8-18(2)17-9)14(19)16-11-5-3-10(4-6-11)7-13(15)20/h3-6,8H,7H2,1-2H3,(H2,15,20)(H,16,19). The molecule has 5 nitrogen and oxygen atoms in total. The molecule has 20 heavy (non-hydrogen) atoms. The molecule has 6 heteroatoms. The number of anilines is 1. The van der Waals surface area contributed by atoms with Crippen molar-refractivity contribution in [2.75, 3.05) is 5.32 Å². The van der Waals surface area contributed by atoms with Crippen molar-refractivity contribution < 1.29 is 4.79 Å². The van der Waals surface area contributed by atoms with Crippen molar-refractivity contribution in [3.05, 3.63) is 47.3 Å². The molecule has 104 valence electrons. The van der Waals surface area contributed by atoms with E-state index in [4.69, 9.17) is 18.0 Å². The highest BCUT2D eigenvalue weighted by atomic mass is 32.1. The third kappa shape index (κ3) is 3.42. The number of amides is 1. The fourth-order valence-corrected chi connectivity index (χ4v) is 2.09. The van der Waals surface area contributed by atoms with Gasteiger partial charge in [-0.25, -0.2) is 0 Å². The molecule has 1 amide bonds. The maximum absolute atomic E-state index is 12.1. The zero-order valence-corrected chi connectivity index (χ0v) is 12.2. The molecule has 3 N–H and O–H groups in total. The summed E-state index contributed by atoms with van der Waals surface area (Å²) in [5.74, 6) is -0.169. The number of aromatic nitrogens is 2. The molecule has 0 aliphatic rings. The fraction of sp³-hybridized carbons (Fsp3) is 0.214. The van der Waals surface area contributed by atoms with Gasteiger partial charge in [-0.1, -0.05) is 24.4 Å². The minimum Gasteiger partial charge on any atom is -0.393 e. The van der Waals surface area contributed by atoms with E-state index in [0.29, 0.717) is 22.7 Å². The van der Waals surface area contributed by atoms with Crippen molar-refractivity contribution in [3.8, 4) is 0 Å². The zero-order chi connectivity index (χ0) is 14.7. The van der Waals surface area contributed by atoms with Gasteiger partial charge in [0, 0.05) is 25.4 Å². The Morgan fingerprint density at radius 3 is 2.55 bits per heavy atom. The molecule has 1 aromatic heterocycles. The van der Waals surface area contributed by atoms with Gasteiger partial charge in [-0.15, -0.1) is 0 Å². The lowest BCUT2D eigenvalue weighted by atomic mass is 10.1. The summed E-state index contributed by atoms with van der Waals surface area (Å²) in [6, 6.07) is 7.45. The Hall–Kier alpha value is -2.21. The topological polar surface area (TPSA) is 72.9 Å². The molecule has 0 fully saturated rings. The number of hydrogen-bond donors (Lipinski definition) is 2. The third-order valence-corrected chi connectivity index (χ3v) is 2.99. The van der Waals surface area contributed by atoms with Crippen LogP contribution in [0.25, 0.3) is 0 Å². The van der Waals surface area contributed by atoms with Gasteiger partial charge in [0.2, 0.25) is 0 Å². The second-order valence-electron chi connectivity index (χ2n) is 4.60. The summed E-state index contributed by atoms with van der Waals surface area (Å²) in [5, 5.41) is 6.98. The number of aryl methyl sites for hydroxylation is 2. The molecule has 2 rings (SSSR count). The van der Waals surface area contributed by atoms with Gasteiger partial charge >= 0.3 is 0 Å². The van der Waals surface area contributed by atoms with Gasteiger partial charge in [0.25, 0.3) is 5.91 Å². The molecule has 1 heterocycles. The minimum atomic E-state index is -0.169. The number of nitrogens with zero attached hydrogens (tertiary/aromatic N) is 2. The first-order valence-corrected chi connectivity index (χ1v) is 6.55. The van der Waals surface area contributed by atoms with Crippen LogP contribution in [0, 0.1) is 6.92 Å². The van der Waals surface area contributed by atoms with E-state index in [1.807, 2.05) is 24.3 Å². The van der Waals surface area contributed by atoms with Gasteiger partial charge < -0.3 is 11.1 Å². The van der Waals surface area contributed by atoms with Crippen molar-refractivity contribution in [1.82, 2.24) is 9.78 Å². The second kappa shape index (κ2) is 5.83. The van der Waals surface area contributed by atoms with Crippen molar-refractivity contribution >= 4 is 28.8 Å². The molecular weight excluding hydrogens is 272 g/mol. The highest BCUT2D eigenvalue weighted by Gasteiger charge is 2.12. The smallest absolute Gasteiger partial charge is 0.259 e. The number of carbonyl (C=O) groups is 1. The fourth-order valence-electron chi connectivity index (χ4n) is 1.93. The van der Waals surface area contributed by atoms with Crippen LogP contribution in [0.15, 0.2) is 30.5 Å². The maximum Gasteiger partial charge on any atom is 0.259 e. The van der Waals surface area contributed by atoms with Crippen LogP contribution in [0.3, 0.4) is 0 Å². The largest absolute Gasteiger partial charge is 0.393 e. The first kappa shape index (κ1) is 14.2. The van der Waals surface area contributed by atoms with Crippen molar-refractivity contribution in [2.24, 2.45) is 12.8 Å². The van der Waals surface area contributed by atoms with Gasteiger partial charge in [-0.3, -0.25) is 9.48 Å². The minimum absolute atomic E-state index is 0.169. The number of nitrogens with one attached hydrogen (secondary N) is 1. The van der Waals surface area contributed by atoms with E-state index < -0.39 is 0 Å². The van der Waals surface area contributed by atoms with Crippen molar-refractivity contribution in [2.45, 2.75) is 13.3 Å². The number of rotatable bonds is 4. The van der Waals surface area contributed by atoms with Crippen LogP contribution in [-0.2, 0) is 13.5 Å². The molecule has 0 atom stereocenters. The van der Waals surface area contributed by atoms with E-state index in [-0.39, 0.29) is 5.91 Å². The van der Waals surface area contributed by atoms with Gasteiger partial charge in [-0.2, -0.15) is 5.10 Å². The summed E-state index contributed by atoms with van der Waals surface area (Å²) in [5.41, 5.74) is 8.51. The Morgan fingerprint density at radius 1 is 1.40 bits per heavy atom. The number of carbonyl (C=O) groups excluding carboxylic acids is 1. The quantitative estimate of drug-likeness (QED) is 0.842. The molecule has 0 radical (unpaired) electrons. The lowest BCUT2D eigenvalue weighted by molar-refractivity contribution is 0.102. The summed E-state index contributed by atoms with van der Waals surface area (Å²) < 4.78 is 1.62. The molecule has 0 saturated carbocycles. The van der Waals surface area contributed by atoms with E-state index in [0.717, 1.165) is 11.3 Å². The normalized spacial score (nSPS) is 10.3. The number of hydrogen-bond acceptors (Lipinski definition) is 3. The van der Waals surface area contributed by atoms with E-state index in [2.05, 4.69) is 10.4 Å². The first-order valence-electron chi connectivity index (χ1n) is 6.14. The van der Waals surface area contributed by atoms with Gasteiger partial charge in [-0.05, 0) is 24.6 Å². The molecule has 0 spiro atoms. The average molecular weight is 288 g/mol. The molecule has 0 saturated heterocycles. The molecule has 0 aliphatic heterocycles. The summed E-state index contributed by atoms with van der Waals surface area (Å²) in [7, 11) is 1.79. The molecule has 0 aliphatic carbocycles. The Labute approximate surface area is 122 Å². The maximum atomic E-state index is 12.1. The van der Waals surface area contributed by atoms with Crippen LogP contribution in [-0.4, -0.2) is 20.7 Å². The van der Waals surface area contributed by atoms with Crippen LogP contribution < -0.4 is 11.1 Å². The van der Waals surface area contributed by atoms with Crippen LogP contribution >= 0.6 is 12.2 Å². The van der Waals surface area contributed by atoms with E-state index >= 15 is 0 Å². The van der Waals surface area contributed by atoms with Gasteiger partial charge in [0.05, 0.1) is 16.2 Å². The predicted octanol–water partition coefficient (Wildman–Crippen LogP) is 1.81. The summed E-state index contributed by atoms with van der Waals surface area (Å²) in [6.07, 6.45) is 2.26. The summed E-state index contributed by atoms with van der Waals surface area (Å²) >= 11 is 4.86. The second-order valence-corrected chi connectivity index (χ2v) is 5.12. The predicted molar refractivity (Wildman–Crippen MR) is 82.8 cm³/mol. The molecule has 1 aromatic carbocycles. The molecule has 0 unspecified atom stereocenters.